The van der Waals surface area contributed by atoms with Gasteiger partial charge < -0.3 is 54.7 Å². The lowest BCUT2D eigenvalue weighted by atomic mass is 9.97. The Morgan fingerprint density at radius 3 is 1.83 bits per heavy atom. The van der Waals surface area contributed by atoms with Gasteiger partial charge in [0.05, 0.1) is 13.2 Å². The van der Waals surface area contributed by atoms with Gasteiger partial charge in [-0.2, -0.15) is 0 Å². The Kier molecular flexibility index (Phi) is 6.87. The van der Waals surface area contributed by atoms with Crippen molar-refractivity contribution < 1.29 is 54.7 Å². The molecule has 0 bridgehead atoms. The predicted molar refractivity (Wildman–Crippen MR) is 73.4 cm³/mol. The lowest BCUT2D eigenvalue weighted by Gasteiger charge is -2.45. The minimum atomic E-state index is -1.72. The molecule has 0 spiro atoms. The number of ether oxygens (including phenoxy) is 4. The second-order valence-corrected chi connectivity index (χ2v) is 5.74. The van der Waals surface area contributed by atoms with Crippen LogP contribution in [0.5, 0.6) is 0 Å². The van der Waals surface area contributed by atoms with Crippen molar-refractivity contribution in [3.05, 3.63) is 0 Å². The van der Waals surface area contributed by atoms with Crippen molar-refractivity contribution in [1.29, 1.82) is 0 Å². The van der Waals surface area contributed by atoms with Crippen LogP contribution in [0.4, 0.5) is 0 Å². The molecular weight excluding hydrogens is 332 g/mol. The van der Waals surface area contributed by atoms with Crippen LogP contribution in [0.2, 0.25) is 0 Å². The molecule has 0 radical (unpaired) electrons. The first-order valence-electron chi connectivity index (χ1n) is 7.46. The lowest BCUT2D eigenvalue weighted by molar-refractivity contribution is -0.356. The second kappa shape index (κ2) is 8.29. The van der Waals surface area contributed by atoms with Crippen LogP contribution in [-0.2, 0) is 18.9 Å². The van der Waals surface area contributed by atoms with E-state index in [1.807, 2.05) is 0 Å². The molecule has 2 fully saturated rings. The molecule has 0 amide bonds. The molecule has 11 nitrogen and oxygen atoms in total. The van der Waals surface area contributed by atoms with Gasteiger partial charge in [-0.05, 0) is 0 Å². The molecule has 7 N–H and O–H groups in total. The van der Waals surface area contributed by atoms with Gasteiger partial charge in [0.2, 0.25) is 0 Å². The van der Waals surface area contributed by atoms with Gasteiger partial charge in [0.1, 0.15) is 48.8 Å². The standard InChI is InChI=1S/C13H24O11/c1-21-10-4(2-14)23-13(9(19)7(10)17)24-11-5(3-15)22-12(20)8(18)6(11)16/h4-20H,2-3H2,1H3. The molecule has 10 atom stereocenters. The van der Waals surface area contributed by atoms with Crippen LogP contribution in [-0.4, -0.2) is 117 Å². The van der Waals surface area contributed by atoms with Crippen LogP contribution in [0.25, 0.3) is 0 Å². The van der Waals surface area contributed by atoms with E-state index in [1.165, 1.54) is 7.11 Å². The first-order chi connectivity index (χ1) is 11.3. The monoisotopic (exact) mass is 356 g/mol. The summed E-state index contributed by atoms with van der Waals surface area (Å²) in [5, 5.41) is 67.8. The summed E-state index contributed by atoms with van der Waals surface area (Å²) in [6.07, 6.45) is -14.2. The molecule has 2 heterocycles. The van der Waals surface area contributed by atoms with Crippen molar-refractivity contribution in [3.8, 4) is 0 Å². The van der Waals surface area contributed by atoms with E-state index in [9.17, 15) is 35.7 Å². The van der Waals surface area contributed by atoms with E-state index in [0.717, 1.165) is 0 Å². The molecule has 2 rings (SSSR count). The third-order valence-electron chi connectivity index (χ3n) is 4.22. The summed E-state index contributed by atoms with van der Waals surface area (Å²) in [5.41, 5.74) is 0. The van der Waals surface area contributed by atoms with E-state index in [4.69, 9.17) is 18.9 Å². The summed E-state index contributed by atoms with van der Waals surface area (Å²) in [6.45, 7) is -1.18. The maximum atomic E-state index is 10.1. The van der Waals surface area contributed by atoms with Crippen LogP contribution in [0.1, 0.15) is 0 Å². The second-order valence-electron chi connectivity index (χ2n) is 5.74. The summed E-state index contributed by atoms with van der Waals surface area (Å²) in [7, 11) is 1.27. The van der Waals surface area contributed by atoms with Gasteiger partial charge in [-0.25, -0.2) is 0 Å². The van der Waals surface area contributed by atoms with Crippen molar-refractivity contribution in [1.82, 2.24) is 0 Å². The molecule has 11 heteroatoms. The minimum absolute atomic E-state index is 0.531. The molecule has 10 unspecified atom stereocenters. The van der Waals surface area contributed by atoms with E-state index >= 15 is 0 Å². The highest BCUT2D eigenvalue weighted by molar-refractivity contribution is 4.94. The number of methoxy groups -OCH3 is 1. The van der Waals surface area contributed by atoms with E-state index in [-0.39, 0.29) is 0 Å². The Bertz CT molecular complexity index is 392. The third kappa shape index (κ3) is 3.71. The van der Waals surface area contributed by atoms with Crippen LogP contribution in [0.15, 0.2) is 0 Å². The molecule has 2 saturated heterocycles. The van der Waals surface area contributed by atoms with Gasteiger partial charge in [-0.15, -0.1) is 0 Å². The van der Waals surface area contributed by atoms with Crippen molar-refractivity contribution in [3.63, 3.8) is 0 Å². The van der Waals surface area contributed by atoms with Crippen molar-refractivity contribution in [2.75, 3.05) is 20.3 Å². The van der Waals surface area contributed by atoms with Crippen LogP contribution in [0.3, 0.4) is 0 Å². The van der Waals surface area contributed by atoms with E-state index < -0.39 is 74.6 Å². The van der Waals surface area contributed by atoms with Crippen LogP contribution in [0, 0.1) is 0 Å². The maximum absolute atomic E-state index is 10.1. The van der Waals surface area contributed by atoms with Crippen LogP contribution < -0.4 is 0 Å². The minimum Gasteiger partial charge on any atom is -0.394 e. The molecule has 0 aromatic rings. The van der Waals surface area contributed by atoms with Gasteiger partial charge in [-0.1, -0.05) is 0 Å². The Hall–Kier alpha value is -0.440. The molecule has 142 valence electrons. The number of hydrogen-bond acceptors (Lipinski definition) is 11. The zero-order valence-electron chi connectivity index (χ0n) is 13.0. The Balaban J connectivity index is 2.12. The Morgan fingerprint density at radius 1 is 0.750 bits per heavy atom. The summed E-state index contributed by atoms with van der Waals surface area (Å²) < 4.78 is 20.6. The van der Waals surface area contributed by atoms with Gasteiger partial charge >= 0.3 is 0 Å². The van der Waals surface area contributed by atoms with Crippen LogP contribution >= 0.6 is 0 Å². The summed E-state index contributed by atoms with van der Waals surface area (Å²) in [5.74, 6) is 0. The normalized spacial score (nSPS) is 50.0. The first kappa shape index (κ1) is 19.9. The van der Waals surface area contributed by atoms with Gasteiger partial charge in [0, 0.05) is 7.11 Å². The predicted octanol–water partition coefficient (Wildman–Crippen LogP) is -4.74. The summed E-state index contributed by atoms with van der Waals surface area (Å²) in [6, 6.07) is 0. The van der Waals surface area contributed by atoms with E-state index in [2.05, 4.69) is 0 Å². The first-order valence-corrected chi connectivity index (χ1v) is 7.46. The fourth-order valence-corrected chi connectivity index (χ4v) is 2.85. The van der Waals surface area contributed by atoms with Crippen molar-refractivity contribution in [2.24, 2.45) is 0 Å². The quantitative estimate of drug-likeness (QED) is 0.251. The molecule has 24 heavy (non-hydrogen) atoms. The molecule has 2 aliphatic heterocycles. The van der Waals surface area contributed by atoms with E-state index in [0.29, 0.717) is 0 Å². The fraction of sp³-hybridized carbons (Fsp3) is 1.00. The maximum Gasteiger partial charge on any atom is 0.187 e. The Labute approximate surface area is 137 Å². The number of rotatable bonds is 5. The molecule has 0 saturated carbocycles. The number of hydrogen-bond donors (Lipinski definition) is 7. The highest BCUT2D eigenvalue weighted by Crippen LogP contribution is 2.29. The largest absolute Gasteiger partial charge is 0.394 e. The number of aliphatic hydroxyl groups excluding tert-OH is 7. The summed E-state index contributed by atoms with van der Waals surface area (Å²) >= 11 is 0. The van der Waals surface area contributed by atoms with Gasteiger partial charge in [0.15, 0.2) is 12.6 Å². The topological polar surface area (TPSA) is 179 Å². The van der Waals surface area contributed by atoms with Crippen molar-refractivity contribution in [2.45, 2.75) is 61.4 Å². The number of aliphatic hydroxyl groups is 7. The SMILES string of the molecule is COC1C(CO)OC(OC2C(CO)OC(O)C(O)C2O)C(O)C1O. The molecular formula is C13H24O11. The smallest absolute Gasteiger partial charge is 0.187 e. The van der Waals surface area contributed by atoms with Gasteiger partial charge in [-0.3, -0.25) is 0 Å². The average molecular weight is 356 g/mol. The molecule has 0 aliphatic carbocycles. The highest BCUT2D eigenvalue weighted by atomic mass is 16.7. The average Bonchev–Trinajstić information content (AvgIpc) is 2.58. The molecule has 0 aromatic carbocycles. The third-order valence-corrected chi connectivity index (χ3v) is 4.22. The molecule has 0 aromatic heterocycles. The zero-order chi connectivity index (χ0) is 18.0. The van der Waals surface area contributed by atoms with Gasteiger partial charge in [0.25, 0.3) is 0 Å². The highest BCUT2D eigenvalue weighted by Gasteiger charge is 2.50. The van der Waals surface area contributed by atoms with E-state index in [1.54, 1.807) is 0 Å². The zero-order valence-corrected chi connectivity index (χ0v) is 13.0. The summed E-state index contributed by atoms with van der Waals surface area (Å²) in [4.78, 5) is 0. The molecule has 2 aliphatic rings. The van der Waals surface area contributed by atoms with Crippen molar-refractivity contribution >= 4 is 0 Å². The Morgan fingerprint density at radius 2 is 1.29 bits per heavy atom. The fourth-order valence-electron chi connectivity index (χ4n) is 2.85. The lowest BCUT2D eigenvalue weighted by Crippen LogP contribution is -2.64.